The molecule has 2 N–H and O–H groups in total. The second-order valence-electron chi connectivity index (χ2n) is 6.51. The van der Waals surface area contributed by atoms with Gasteiger partial charge in [-0.2, -0.15) is 0 Å². The fourth-order valence-corrected chi connectivity index (χ4v) is 3.57. The van der Waals surface area contributed by atoms with Crippen LogP contribution in [0.3, 0.4) is 0 Å². The average molecular weight is 320 g/mol. The molecule has 0 radical (unpaired) electrons. The number of benzene rings is 1. The molecule has 1 saturated heterocycles. The summed E-state index contributed by atoms with van der Waals surface area (Å²) in [6, 6.07) is 6.72. The van der Waals surface area contributed by atoms with Crippen LogP contribution in [0.5, 0.6) is 0 Å². The minimum Gasteiger partial charge on any atom is -0.378 e. The van der Waals surface area contributed by atoms with Gasteiger partial charge >= 0.3 is 0 Å². The van der Waals surface area contributed by atoms with Crippen LogP contribution in [0.15, 0.2) is 24.3 Å². The lowest BCUT2D eigenvalue weighted by molar-refractivity contribution is -0.134. The molecule has 3 rings (SSSR count). The van der Waals surface area contributed by atoms with Gasteiger partial charge in [0, 0.05) is 31.0 Å². The Hall–Kier alpha value is -1.46. The Balaban J connectivity index is 1.59. The highest BCUT2D eigenvalue weighted by Crippen LogP contribution is 2.31. The van der Waals surface area contributed by atoms with Crippen LogP contribution in [-0.2, 0) is 9.53 Å². The van der Waals surface area contributed by atoms with E-state index in [1.807, 2.05) is 19.1 Å². The third kappa shape index (κ3) is 3.90. The summed E-state index contributed by atoms with van der Waals surface area (Å²) in [6.07, 6.45) is 2.83. The maximum absolute atomic E-state index is 13.1. The molecule has 1 saturated carbocycles. The maximum atomic E-state index is 13.1. The summed E-state index contributed by atoms with van der Waals surface area (Å²) in [7, 11) is 0. The van der Waals surface area contributed by atoms with E-state index in [4.69, 9.17) is 4.74 Å². The van der Waals surface area contributed by atoms with Gasteiger partial charge in [0.15, 0.2) is 0 Å². The van der Waals surface area contributed by atoms with Crippen LogP contribution in [0.2, 0.25) is 0 Å². The standard InChI is InChI=1S/C18H25FN2O2/c1-2-23-15-9-13(10-15)18(22)21-17-11-20-8-7-16(17)12-3-5-14(19)6-4-12/h3-6,13,15-17,20H,2,7-11H2,1H3,(H,21,22)/t13?,15?,16-,17-/m1/s1. The summed E-state index contributed by atoms with van der Waals surface area (Å²) in [4.78, 5) is 12.4. The zero-order valence-corrected chi connectivity index (χ0v) is 13.6. The van der Waals surface area contributed by atoms with Gasteiger partial charge in [-0.25, -0.2) is 4.39 Å². The minimum atomic E-state index is -0.222. The first-order valence-corrected chi connectivity index (χ1v) is 8.55. The van der Waals surface area contributed by atoms with Gasteiger partial charge in [0.1, 0.15) is 5.82 Å². The van der Waals surface area contributed by atoms with Crippen molar-refractivity contribution in [1.29, 1.82) is 0 Å². The van der Waals surface area contributed by atoms with E-state index in [0.29, 0.717) is 6.61 Å². The van der Waals surface area contributed by atoms with Crippen molar-refractivity contribution >= 4 is 5.91 Å². The van der Waals surface area contributed by atoms with Crippen molar-refractivity contribution in [2.45, 2.75) is 44.2 Å². The Labute approximate surface area is 136 Å². The Morgan fingerprint density at radius 3 is 2.78 bits per heavy atom. The normalized spacial score (nSPS) is 30.5. The predicted molar refractivity (Wildman–Crippen MR) is 86.7 cm³/mol. The largest absolute Gasteiger partial charge is 0.378 e. The molecule has 0 bridgehead atoms. The molecule has 4 nitrogen and oxygen atoms in total. The molecule has 0 aromatic heterocycles. The van der Waals surface area contributed by atoms with E-state index in [-0.39, 0.29) is 35.7 Å². The summed E-state index contributed by atoms with van der Waals surface area (Å²) in [5, 5.41) is 6.54. The Kier molecular flexibility index (Phi) is 5.28. The second-order valence-corrected chi connectivity index (χ2v) is 6.51. The molecule has 5 heteroatoms. The zero-order chi connectivity index (χ0) is 16.2. The van der Waals surface area contributed by atoms with E-state index in [2.05, 4.69) is 10.6 Å². The van der Waals surface area contributed by atoms with Gasteiger partial charge in [-0.15, -0.1) is 0 Å². The van der Waals surface area contributed by atoms with E-state index in [9.17, 15) is 9.18 Å². The van der Waals surface area contributed by atoms with Crippen LogP contribution in [0.1, 0.15) is 37.7 Å². The first kappa shape index (κ1) is 16.4. The van der Waals surface area contributed by atoms with Crippen LogP contribution < -0.4 is 10.6 Å². The lowest BCUT2D eigenvalue weighted by Gasteiger charge is -2.38. The number of hydrogen-bond acceptors (Lipinski definition) is 3. The van der Waals surface area contributed by atoms with E-state index in [1.165, 1.54) is 12.1 Å². The molecular weight excluding hydrogens is 295 g/mol. The van der Waals surface area contributed by atoms with Crippen LogP contribution in [0.25, 0.3) is 0 Å². The summed E-state index contributed by atoms with van der Waals surface area (Å²) in [5.74, 6) is 0.215. The molecule has 126 valence electrons. The molecule has 1 aromatic rings. The predicted octanol–water partition coefficient (Wildman–Crippen LogP) is 2.20. The molecule has 1 aromatic carbocycles. The van der Waals surface area contributed by atoms with Crippen molar-refractivity contribution in [2.75, 3.05) is 19.7 Å². The Bertz CT molecular complexity index is 528. The molecule has 1 heterocycles. The Morgan fingerprint density at radius 1 is 1.35 bits per heavy atom. The molecule has 1 aliphatic carbocycles. The quantitative estimate of drug-likeness (QED) is 0.874. The first-order valence-electron chi connectivity index (χ1n) is 8.55. The topological polar surface area (TPSA) is 50.4 Å². The fraction of sp³-hybridized carbons (Fsp3) is 0.611. The van der Waals surface area contributed by atoms with Crippen LogP contribution in [0.4, 0.5) is 4.39 Å². The molecule has 1 amide bonds. The van der Waals surface area contributed by atoms with Crippen LogP contribution in [0, 0.1) is 11.7 Å². The van der Waals surface area contributed by atoms with Crippen molar-refractivity contribution in [3.05, 3.63) is 35.6 Å². The smallest absolute Gasteiger partial charge is 0.223 e. The number of amides is 1. The average Bonchev–Trinajstić information content (AvgIpc) is 2.52. The highest BCUT2D eigenvalue weighted by Gasteiger charge is 2.37. The van der Waals surface area contributed by atoms with E-state index >= 15 is 0 Å². The number of carbonyl (C=O) groups excluding carboxylic acids is 1. The highest BCUT2D eigenvalue weighted by molar-refractivity contribution is 5.80. The monoisotopic (exact) mass is 320 g/mol. The van der Waals surface area contributed by atoms with Crippen molar-refractivity contribution in [3.8, 4) is 0 Å². The molecule has 2 fully saturated rings. The van der Waals surface area contributed by atoms with Gasteiger partial charge in [0.2, 0.25) is 5.91 Å². The van der Waals surface area contributed by atoms with Crippen LogP contribution in [-0.4, -0.2) is 37.7 Å². The van der Waals surface area contributed by atoms with Gasteiger partial charge in [-0.05, 0) is 50.4 Å². The van der Waals surface area contributed by atoms with Gasteiger partial charge in [0.05, 0.1) is 6.10 Å². The molecule has 2 atom stereocenters. The number of nitrogens with one attached hydrogen (secondary N) is 2. The summed E-state index contributed by atoms with van der Waals surface area (Å²) < 4.78 is 18.6. The van der Waals surface area contributed by atoms with Crippen molar-refractivity contribution in [1.82, 2.24) is 10.6 Å². The van der Waals surface area contributed by atoms with Crippen LogP contribution >= 0.6 is 0 Å². The molecule has 0 unspecified atom stereocenters. The molecule has 1 aliphatic heterocycles. The molecule has 23 heavy (non-hydrogen) atoms. The summed E-state index contributed by atoms with van der Waals surface area (Å²) >= 11 is 0. The van der Waals surface area contributed by atoms with Gasteiger partial charge in [-0.3, -0.25) is 4.79 Å². The minimum absolute atomic E-state index is 0.0628. The van der Waals surface area contributed by atoms with Gasteiger partial charge < -0.3 is 15.4 Å². The van der Waals surface area contributed by atoms with E-state index in [1.54, 1.807) is 0 Å². The Morgan fingerprint density at radius 2 is 2.09 bits per heavy atom. The van der Waals surface area contributed by atoms with Crippen molar-refractivity contribution in [2.24, 2.45) is 5.92 Å². The third-order valence-electron chi connectivity index (χ3n) is 4.98. The zero-order valence-electron chi connectivity index (χ0n) is 13.6. The van der Waals surface area contributed by atoms with Gasteiger partial charge in [-0.1, -0.05) is 12.1 Å². The number of piperidine rings is 1. The van der Waals surface area contributed by atoms with Crippen molar-refractivity contribution in [3.63, 3.8) is 0 Å². The number of rotatable bonds is 5. The lowest BCUT2D eigenvalue weighted by atomic mass is 9.80. The molecule has 0 spiro atoms. The highest BCUT2D eigenvalue weighted by atomic mass is 19.1. The first-order chi connectivity index (χ1) is 11.2. The number of halogens is 1. The second kappa shape index (κ2) is 7.41. The number of ether oxygens (including phenoxy) is 1. The summed E-state index contributed by atoms with van der Waals surface area (Å²) in [5.41, 5.74) is 1.10. The van der Waals surface area contributed by atoms with E-state index in [0.717, 1.165) is 37.9 Å². The fourth-order valence-electron chi connectivity index (χ4n) is 3.57. The van der Waals surface area contributed by atoms with E-state index < -0.39 is 0 Å². The summed E-state index contributed by atoms with van der Waals surface area (Å²) in [6.45, 7) is 4.37. The molecular formula is C18H25FN2O2. The molecule has 2 aliphatic rings. The third-order valence-corrected chi connectivity index (χ3v) is 4.98. The van der Waals surface area contributed by atoms with Crippen molar-refractivity contribution < 1.29 is 13.9 Å². The maximum Gasteiger partial charge on any atom is 0.223 e. The number of hydrogen-bond donors (Lipinski definition) is 2. The lowest BCUT2D eigenvalue weighted by Crippen LogP contribution is -2.53. The SMILES string of the molecule is CCOC1CC(C(=O)N[C@@H]2CNCC[C@@H]2c2ccc(F)cc2)C1. The van der Waals surface area contributed by atoms with Gasteiger partial charge in [0.25, 0.3) is 0 Å². The number of carbonyl (C=O) groups is 1.